The van der Waals surface area contributed by atoms with E-state index in [-0.39, 0.29) is 34.8 Å². The minimum Gasteiger partial charge on any atom is -0.383 e. The summed E-state index contributed by atoms with van der Waals surface area (Å²) >= 11 is 7.95. The molecule has 2 heterocycles. The van der Waals surface area contributed by atoms with Crippen molar-refractivity contribution >= 4 is 41.0 Å². The maximum Gasteiger partial charge on any atom is 0.240 e. The SMILES string of the molecule is COCCNC(=O)CN1C(=O)CSC(c2cccc(Cl)c2)c2c(C(C)(C)C)nn(-c3ccc(C)cc3C)c21. The Kier molecular flexibility index (Phi) is 8.55. The number of ether oxygens (including phenoxy) is 1. The highest BCUT2D eigenvalue weighted by atomic mass is 35.5. The third kappa shape index (κ3) is 5.92. The first-order valence-electron chi connectivity index (χ1n) is 12.7. The van der Waals surface area contributed by atoms with Crippen LogP contribution in [0.5, 0.6) is 0 Å². The lowest BCUT2D eigenvalue weighted by atomic mass is 9.87. The number of halogens is 1. The van der Waals surface area contributed by atoms with Crippen molar-refractivity contribution in [3.63, 3.8) is 0 Å². The fraction of sp³-hybridized carbons (Fsp3) is 0.414. The van der Waals surface area contributed by atoms with E-state index < -0.39 is 0 Å². The number of carbonyl (C=O) groups is 2. The predicted molar refractivity (Wildman–Crippen MR) is 155 cm³/mol. The van der Waals surface area contributed by atoms with Crippen molar-refractivity contribution in [3.8, 4) is 5.69 Å². The second-order valence-electron chi connectivity index (χ2n) is 10.6. The molecule has 0 radical (unpaired) electrons. The molecule has 0 aliphatic carbocycles. The lowest BCUT2D eigenvalue weighted by Crippen LogP contribution is -2.43. The van der Waals surface area contributed by atoms with Crippen LogP contribution >= 0.6 is 23.4 Å². The number of carbonyl (C=O) groups excluding carboxylic acids is 2. The molecule has 2 amide bonds. The van der Waals surface area contributed by atoms with Crippen molar-refractivity contribution < 1.29 is 14.3 Å². The van der Waals surface area contributed by atoms with Gasteiger partial charge in [-0.1, -0.05) is 62.2 Å². The van der Waals surface area contributed by atoms with E-state index in [1.807, 2.05) is 54.9 Å². The molecule has 0 bridgehead atoms. The molecule has 0 spiro atoms. The summed E-state index contributed by atoms with van der Waals surface area (Å²) in [6, 6.07) is 13.9. The maximum atomic E-state index is 13.7. The monoisotopic (exact) mass is 554 g/mol. The number of nitrogens with zero attached hydrogens (tertiary/aromatic N) is 3. The van der Waals surface area contributed by atoms with E-state index >= 15 is 0 Å². The summed E-state index contributed by atoms with van der Waals surface area (Å²) in [4.78, 5) is 28.3. The number of benzene rings is 2. The van der Waals surface area contributed by atoms with E-state index in [1.54, 1.807) is 12.0 Å². The van der Waals surface area contributed by atoms with E-state index in [2.05, 4.69) is 32.2 Å². The smallest absolute Gasteiger partial charge is 0.240 e. The van der Waals surface area contributed by atoms with Crippen LogP contribution in [-0.2, 0) is 19.7 Å². The van der Waals surface area contributed by atoms with Crippen LogP contribution in [0.15, 0.2) is 42.5 Å². The van der Waals surface area contributed by atoms with Crippen molar-refractivity contribution in [3.05, 3.63) is 75.4 Å². The van der Waals surface area contributed by atoms with E-state index in [0.29, 0.717) is 24.0 Å². The van der Waals surface area contributed by atoms with Gasteiger partial charge in [-0.3, -0.25) is 14.5 Å². The Hall–Kier alpha value is -2.81. The van der Waals surface area contributed by atoms with Gasteiger partial charge in [0.2, 0.25) is 11.8 Å². The van der Waals surface area contributed by atoms with Gasteiger partial charge in [0.1, 0.15) is 12.4 Å². The number of anilines is 1. The number of methoxy groups -OCH3 is 1. The van der Waals surface area contributed by atoms with Gasteiger partial charge in [-0.15, -0.1) is 11.8 Å². The molecule has 1 aromatic heterocycles. The summed E-state index contributed by atoms with van der Waals surface area (Å²) in [5, 5.41) is 8.45. The molecule has 202 valence electrons. The van der Waals surface area contributed by atoms with Gasteiger partial charge in [-0.2, -0.15) is 5.10 Å². The number of aryl methyl sites for hydroxylation is 2. The number of aromatic nitrogens is 2. The standard InChI is InChI=1S/C29H35ClN4O3S/c1-18-10-11-22(19(2)14-18)34-28-25(27(32-34)29(3,4)5)26(20-8-7-9-21(30)15-20)38-17-24(36)33(28)16-23(35)31-12-13-37-6/h7-11,14-15,26H,12-13,16-17H2,1-6H3,(H,31,35). The summed E-state index contributed by atoms with van der Waals surface area (Å²) in [7, 11) is 1.58. The molecule has 7 nitrogen and oxygen atoms in total. The van der Waals surface area contributed by atoms with Gasteiger partial charge in [0, 0.05) is 29.7 Å². The molecule has 1 aliphatic rings. The zero-order chi connectivity index (χ0) is 27.6. The van der Waals surface area contributed by atoms with Crippen molar-refractivity contribution in [2.24, 2.45) is 0 Å². The van der Waals surface area contributed by atoms with Crippen LogP contribution < -0.4 is 10.2 Å². The number of nitrogens with one attached hydrogen (secondary N) is 1. The molecule has 9 heteroatoms. The average molecular weight is 555 g/mol. The molecular formula is C29H35ClN4O3S. The zero-order valence-electron chi connectivity index (χ0n) is 22.8. The van der Waals surface area contributed by atoms with E-state index in [9.17, 15) is 9.59 Å². The van der Waals surface area contributed by atoms with Gasteiger partial charge in [-0.05, 0) is 43.2 Å². The number of fused-ring (bicyclic) bond motifs is 1. The van der Waals surface area contributed by atoms with Crippen molar-refractivity contribution in [1.29, 1.82) is 0 Å². The third-order valence-corrected chi connectivity index (χ3v) is 7.95. The van der Waals surface area contributed by atoms with Crippen LogP contribution in [0.1, 0.15) is 54.0 Å². The lowest BCUT2D eigenvalue weighted by molar-refractivity contribution is -0.123. The molecule has 2 aromatic carbocycles. The van der Waals surface area contributed by atoms with Crippen molar-refractivity contribution in [2.75, 3.05) is 37.5 Å². The molecule has 38 heavy (non-hydrogen) atoms. The first-order valence-corrected chi connectivity index (χ1v) is 14.1. The van der Waals surface area contributed by atoms with Gasteiger partial charge >= 0.3 is 0 Å². The van der Waals surface area contributed by atoms with Crippen LogP contribution in [0.25, 0.3) is 5.69 Å². The second-order valence-corrected chi connectivity index (χ2v) is 12.1. The molecule has 1 atom stereocenters. The largest absolute Gasteiger partial charge is 0.383 e. The summed E-state index contributed by atoms with van der Waals surface area (Å²) in [5.74, 6) is 0.448. The normalized spacial score (nSPS) is 15.8. The van der Waals surface area contributed by atoms with Crippen LogP contribution in [0, 0.1) is 13.8 Å². The van der Waals surface area contributed by atoms with Crippen LogP contribution in [-0.4, -0.2) is 54.2 Å². The molecule has 0 saturated heterocycles. The molecular weight excluding hydrogens is 520 g/mol. The summed E-state index contributed by atoms with van der Waals surface area (Å²) in [5.41, 5.74) is 5.52. The van der Waals surface area contributed by atoms with Crippen molar-refractivity contribution in [1.82, 2.24) is 15.1 Å². The molecule has 1 N–H and O–H groups in total. The first-order chi connectivity index (χ1) is 18.0. The van der Waals surface area contributed by atoms with Gasteiger partial charge in [0.25, 0.3) is 0 Å². The highest BCUT2D eigenvalue weighted by Gasteiger charge is 2.40. The Morgan fingerprint density at radius 1 is 1.21 bits per heavy atom. The highest BCUT2D eigenvalue weighted by molar-refractivity contribution is 8.00. The highest BCUT2D eigenvalue weighted by Crippen LogP contribution is 2.48. The number of hydrogen-bond acceptors (Lipinski definition) is 5. The maximum absolute atomic E-state index is 13.7. The average Bonchev–Trinajstić information content (AvgIpc) is 3.17. The second kappa shape index (κ2) is 11.5. The zero-order valence-corrected chi connectivity index (χ0v) is 24.4. The fourth-order valence-corrected chi connectivity index (χ4v) is 6.10. The fourth-order valence-electron chi connectivity index (χ4n) is 4.71. The molecule has 1 aliphatic heterocycles. The van der Waals surface area contributed by atoms with Crippen LogP contribution in [0.3, 0.4) is 0 Å². The topological polar surface area (TPSA) is 76.5 Å². The Morgan fingerprint density at radius 3 is 2.63 bits per heavy atom. The Labute approximate surface area is 233 Å². The summed E-state index contributed by atoms with van der Waals surface area (Å²) in [6.07, 6.45) is 0. The minimum atomic E-state index is -0.328. The van der Waals surface area contributed by atoms with E-state index in [4.69, 9.17) is 21.4 Å². The van der Waals surface area contributed by atoms with Gasteiger partial charge in [0.15, 0.2) is 0 Å². The Morgan fingerprint density at radius 2 is 1.97 bits per heavy atom. The molecule has 4 rings (SSSR count). The van der Waals surface area contributed by atoms with Gasteiger partial charge < -0.3 is 10.1 Å². The quantitative estimate of drug-likeness (QED) is 0.397. The Balaban J connectivity index is 1.98. The Bertz CT molecular complexity index is 1350. The van der Waals surface area contributed by atoms with Crippen LogP contribution in [0.2, 0.25) is 5.02 Å². The lowest BCUT2D eigenvalue weighted by Gasteiger charge is -2.25. The van der Waals surface area contributed by atoms with E-state index in [1.165, 1.54) is 11.8 Å². The van der Waals surface area contributed by atoms with Crippen LogP contribution in [0.4, 0.5) is 5.82 Å². The van der Waals surface area contributed by atoms with E-state index in [0.717, 1.165) is 33.6 Å². The van der Waals surface area contributed by atoms with Gasteiger partial charge in [-0.25, -0.2) is 4.68 Å². The predicted octanol–water partition coefficient (Wildman–Crippen LogP) is 5.37. The summed E-state index contributed by atoms with van der Waals surface area (Å²) in [6.45, 7) is 11.1. The first kappa shape index (κ1) is 28.2. The molecule has 1 unspecified atom stereocenters. The molecule has 3 aromatic rings. The molecule has 0 fully saturated rings. The number of hydrogen-bond donors (Lipinski definition) is 1. The minimum absolute atomic E-state index is 0.113. The molecule has 0 saturated carbocycles. The van der Waals surface area contributed by atoms with Crippen molar-refractivity contribution in [2.45, 2.75) is 45.3 Å². The number of amides is 2. The number of thioether (sulfide) groups is 1. The third-order valence-electron chi connectivity index (χ3n) is 6.46. The summed E-state index contributed by atoms with van der Waals surface area (Å²) < 4.78 is 6.92. The number of rotatable bonds is 7. The van der Waals surface area contributed by atoms with Gasteiger partial charge in [0.05, 0.1) is 29.0 Å².